The van der Waals surface area contributed by atoms with E-state index in [1.807, 2.05) is 18.2 Å². The Bertz CT molecular complexity index is 958. The maximum atomic E-state index is 12.7. The van der Waals surface area contributed by atoms with Crippen molar-refractivity contribution in [1.82, 2.24) is 15.2 Å². The van der Waals surface area contributed by atoms with Crippen LogP contribution in [-0.2, 0) is 12.8 Å². The second-order valence-corrected chi connectivity index (χ2v) is 6.89. The molecule has 0 saturated carbocycles. The molecule has 2 N–H and O–H groups in total. The quantitative estimate of drug-likeness (QED) is 0.693. The monoisotopic (exact) mass is 334 g/mol. The molecule has 0 aliphatic heterocycles. The number of nitrogens with one attached hydrogen (secondary N) is 2. The average Bonchev–Trinajstić information content (AvgIpc) is 2.83. The van der Waals surface area contributed by atoms with Crippen LogP contribution in [0.2, 0.25) is 0 Å². The van der Waals surface area contributed by atoms with Crippen LogP contribution >= 0.6 is 0 Å². The number of H-pyrrole nitrogens is 1. The molecule has 0 radical (unpaired) electrons. The molecule has 1 amide bonds. The third-order valence-electron chi connectivity index (χ3n) is 4.92. The maximum absolute atomic E-state index is 12.7. The van der Waals surface area contributed by atoms with E-state index in [4.69, 9.17) is 0 Å². The topological polar surface area (TPSA) is 70.7 Å². The fourth-order valence-corrected chi connectivity index (χ4v) is 3.69. The van der Waals surface area contributed by atoms with Gasteiger partial charge in [-0.05, 0) is 68.9 Å². The Kier molecular flexibility index (Phi) is 3.99. The lowest BCUT2D eigenvalue weighted by molar-refractivity contribution is 0.102. The van der Waals surface area contributed by atoms with E-state index < -0.39 is 0 Å². The van der Waals surface area contributed by atoms with Gasteiger partial charge >= 0.3 is 0 Å². The number of aryl methyl sites for hydroxylation is 3. The van der Waals surface area contributed by atoms with Crippen molar-refractivity contribution >= 4 is 22.6 Å². The number of aromatic nitrogens is 3. The van der Waals surface area contributed by atoms with Gasteiger partial charge in [0.15, 0.2) is 5.69 Å². The summed E-state index contributed by atoms with van der Waals surface area (Å²) in [7, 11) is 0. The number of rotatable bonds is 2. The second kappa shape index (κ2) is 6.31. The van der Waals surface area contributed by atoms with Gasteiger partial charge in [0.1, 0.15) is 5.82 Å². The normalized spacial score (nSPS) is 14.2. The minimum atomic E-state index is -0.185. The summed E-state index contributed by atoms with van der Waals surface area (Å²) in [6.45, 7) is 4.13. The van der Waals surface area contributed by atoms with Crippen molar-refractivity contribution in [3.05, 3.63) is 52.3 Å². The summed E-state index contributed by atoms with van der Waals surface area (Å²) in [4.78, 5) is 17.3. The molecule has 0 fully saturated rings. The number of aromatic amines is 1. The fourth-order valence-electron chi connectivity index (χ4n) is 3.69. The van der Waals surface area contributed by atoms with Crippen LogP contribution in [0, 0.1) is 13.8 Å². The van der Waals surface area contributed by atoms with Gasteiger partial charge in [0.2, 0.25) is 0 Å². The number of anilines is 1. The van der Waals surface area contributed by atoms with Gasteiger partial charge in [0.25, 0.3) is 5.91 Å². The van der Waals surface area contributed by atoms with Crippen LogP contribution in [0.25, 0.3) is 10.9 Å². The first-order valence-electron chi connectivity index (χ1n) is 8.87. The molecule has 5 nitrogen and oxygen atoms in total. The Morgan fingerprint density at radius 3 is 2.84 bits per heavy atom. The van der Waals surface area contributed by atoms with E-state index in [0.717, 1.165) is 47.8 Å². The molecule has 25 heavy (non-hydrogen) atoms. The zero-order valence-electron chi connectivity index (χ0n) is 14.6. The van der Waals surface area contributed by atoms with Crippen molar-refractivity contribution in [2.75, 3.05) is 5.32 Å². The Labute approximate surface area is 146 Å². The van der Waals surface area contributed by atoms with E-state index in [1.54, 1.807) is 0 Å². The molecule has 0 unspecified atom stereocenters. The lowest BCUT2D eigenvalue weighted by Gasteiger charge is -2.08. The molecule has 2 aromatic heterocycles. The number of carbonyl (C=O) groups excluding carboxylic acids is 1. The minimum absolute atomic E-state index is 0.185. The van der Waals surface area contributed by atoms with Crippen LogP contribution in [0.4, 0.5) is 5.82 Å². The van der Waals surface area contributed by atoms with E-state index in [-0.39, 0.29) is 5.91 Å². The van der Waals surface area contributed by atoms with Crippen molar-refractivity contribution in [1.29, 1.82) is 0 Å². The molecule has 4 rings (SSSR count). The van der Waals surface area contributed by atoms with Crippen molar-refractivity contribution in [3.8, 4) is 0 Å². The Morgan fingerprint density at radius 1 is 1.12 bits per heavy atom. The molecule has 5 heteroatoms. The summed E-state index contributed by atoms with van der Waals surface area (Å²) < 4.78 is 0. The van der Waals surface area contributed by atoms with Gasteiger partial charge in [-0.15, -0.1) is 0 Å². The summed E-state index contributed by atoms with van der Waals surface area (Å²) in [5.74, 6) is 0.378. The Balaban J connectivity index is 1.63. The van der Waals surface area contributed by atoms with Crippen LogP contribution in [0.15, 0.2) is 24.3 Å². The molecule has 2 heterocycles. The van der Waals surface area contributed by atoms with Gasteiger partial charge in [0, 0.05) is 16.6 Å². The highest BCUT2D eigenvalue weighted by molar-refractivity contribution is 6.04. The summed E-state index contributed by atoms with van der Waals surface area (Å²) in [6, 6.07) is 8.05. The highest BCUT2D eigenvalue weighted by Gasteiger charge is 2.21. The lowest BCUT2D eigenvalue weighted by atomic mass is 10.1. The van der Waals surface area contributed by atoms with Gasteiger partial charge < -0.3 is 5.32 Å². The first kappa shape index (κ1) is 15.8. The smallest absolute Gasteiger partial charge is 0.277 e. The number of fused-ring (bicyclic) bond motifs is 2. The molecule has 0 atom stereocenters. The lowest BCUT2D eigenvalue weighted by Crippen LogP contribution is -2.15. The number of amides is 1. The molecular formula is C20H22N4O. The molecular weight excluding hydrogens is 312 g/mol. The highest BCUT2D eigenvalue weighted by atomic mass is 16.2. The van der Waals surface area contributed by atoms with E-state index in [0.29, 0.717) is 11.5 Å². The standard InChI is InChI=1S/C20H22N4O/c1-12-10-13(2)14-8-9-18(21-17(14)11-12)22-20(25)19-15-6-4-3-5-7-16(15)23-24-19/h8-11H,3-7H2,1-2H3,(H,23,24)(H,21,22,25). The van der Waals surface area contributed by atoms with E-state index in [9.17, 15) is 4.79 Å². The molecule has 1 aromatic carbocycles. The van der Waals surface area contributed by atoms with Crippen molar-refractivity contribution in [2.45, 2.75) is 46.0 Å². The zero-order valence-corrected chi connectivity index (χ0v) is 14.6. The fraction of sp³-hybridized carbons (Fsp3) is 0.350. The Morgan fingerprint density at radius 2 is 1.96 bits per heavy atom. The van der Waals surface area contributed by atoms with Gasteiger partial charge in [0.05, 0.1) is 5.52 Å². The summed E-state index contributed by atoms with van der Waals surface area (Å²) in [5, 5.41) is 11.3. The highest BCUT2D eigenvalue weighted by Crippen LogP contribution is 2.24. The van der Waals surface area contributed by atoms with Gasteiger partial charge in [-0.1, -0.05) is 12.5 Å². The number of benzene rings is 1. The zero-order chi connectivity index (χ0) is 17.4. The predicted octanol–water partition coefficient (Wildman–Crippen LogP) is 4.10. The van der Waals surface area contributed by atoms with Crippen LogP contribution in [-0.4, -0.2) is 21.1 Å². The summed E-state index contributed by atoms with van der Waals surface area (Å²) >= 11 is 0. The molecule has 0 bridgehead atoms. The maximum Gasteiger partial charge on any atom is 0.277 e. The SMILES string of the molecule is Cc1cc(C)c2ccc(NC(=O)c3n[nH]c4c3CCCCC4)nc2c1. The number of nitrogens with zero attached hydrogens (tertiary/aromatic N) is 2. The number of pyridine rings is 1. The largest absolute Gasteiger partial charge is 0.305 e. The summed E-state index contributed by atoms with van der Waals surface area (Å²) in [6.07, 6.45) is 5.36. The van der Waals surface area contributed by atoms with Gasteiger partial charge in [-0.25, -0.2) is 4.98 Å². The van der Waals surface area contributed by atoms with E-state index in [1.165, 1.54) is 17.5 Å². The molecule has 1 aliphatic rings. The molecule has 0 saturated heterocycles. The van der Waals surface area contributed by atoms with E-state index >= 15 is 0 Å². The molecule has 1 aliphatic carbocycles. The summed E-state index contributed by atoms with van der Waals surface area (Å²) in [5.41, 5.74) is 5.95. The van der Waals surface area contributed by atoms with Crippen molar-refractivity contribution in [2.24, 2.45) is 0 Å². The number of hydrogen-bond acceptors (Lipinski definition) is 3. The van der Waals surface area contributed by atoms with Crippen LogP contribution in [0.5, 0.6) is 0 Å². The average molecular weight is 334 g/mol. The van der Waals surface area contributed by atoms with Crippen LogP contribution < -0.4 is 5.32 Å². The number of hydrogen-bond donors (Lipinski definition) is 2. The van der Waals surface area contributed by atoms with Crippen LogP contribution in [0.1, 0.15) is 52.1 Å². The second-order valence-electron chi connectivity index (χ2n) is 6.89. The molecule has 3 aromatic rings. The third-order valence-corrected chi connectivity index (χ3v) is 4.92. The minimum Gasteiger partial charge on any atom is -0.305 e. The van der Waals surface area contributed by atoms with Gasteiger partial charge in [-0.2, -0.15) is 5.10 Å². The van der Waals surface area contributed by atoms with Crippen LogP contribution in [0.3, 0.4) is 0 Å². The molecule has 128 valence electrons. The Hall–Kier alpha value is -2.69. The van der Waals surface area contributed by atoms with Crippen molar-refractivity contribution in [3.63, 3.8) is 0 Å². The number of carbonyl (C=O) groups is 1. The van der Waals surface area contributed by atoms with Gasteiger partial charge in [-0.3, -0.25) is 9.89 Å². The van der Waals surface area contributed by atoms with E-state index in [2.05, 4.69) is 40.4 Å². The third kappa shape index (κ3) is 3.02. The predicted molar refractivity (Wildman–Crippen MR) is 99.0 cm³/mol. The van der Waals surface area contributed by atoms with Crippen molar-refractivity contribution < 1.29 is 4.79 Å². The first-order chi connectivity index (χ1) is 12.1. The first-order valence-corrected chi connectivity index (χ1v) is 8.87. The molecule has 0 spiro atoms.